The van der Waals surface area contributed by atoms with E-state index < -0.39 is 0 Å². The van der Waals surface area contributed by atoms with Gasteiger partial charge in [-0.1, -0.05) is 18.2 Å². The van der Waals surface area contributed by atoms with Crippen LogP contribution >= 0.6 is 23.1 Å². The van der Waals surface area contributed by atoms with E-state index in [2.05, 4.69) is 30.9 Å². The fourth-order valence-electron chi connectivity index (χ4n) is 3.48. The number of rotatable bonds is 2. The summed E-state index contributed by atoms with van der Waals surface area (Å²) in [5, 5.41) is 0. The molecular formula is C20H22N2O2S2. The molecule has 136 valence electrons. The van der Waals surface area contributed by atoms with Crippen molar-refractivity contribution in [3.63, 3.8) is 0 Å². The molecular weight excluding hydrogens is 364 g/mol. The third-order valence-corrected chi connectivity index (χ3v) is 7.37. The molecule has 1 amide bonds. The van der Waals surface area contributed by atoms with E-state index in [0.29, 0.717) is 24.4 Å². The van der Waals surface area contributed by atoms with Crippen molar-refractivity contribution in [2.75, 3.05) is 31.1 Å². The van der Waals surface area contributed by atoms with E-state index in [1.54, 1.807) is 11.8 Å². The number of carbonyl (C=O) groups is 2. The first-order valence-corrected chi connectivity index (χ1v) is 10.5. The lowest BCUT2D eigenvalue weighted by Gasteiger charge is -2.36. The predicted molar refractivity (Wildman–Crippen MR) is 108 cm³/mol. The average molecular weight is 387 g/mol. The van der Waals surface area contributed by atoms with Gasteiger partial charge in [0.2, 0.25) is 0 Å². The second-order valence-corrected chi connectivity index (χ2v) is 10.4. The topological polar surface area (TPSA) is 40.6 Å². The summed E-state index contributed by atoms with van der Waals surface area (Å²) >= 11 is 3.20. The highest BCUT2D eigenvalue weighted by molar-refractivity contribution is 8.02. The number of benzene rings is 1. The number of thiophene rings is 1. The second kappa shape index (κ2) is 6.74. The molecule has 0 spiro atoms. The number of thioether (sulfide) groups is 1. The Morgan fingerprint density at radius 2 is 1.77 bits per heavy atom. The van der Waals surface area contributed by atoms with Crippen molar-refractivity contribution in [2.24, 2.45) is 0 Å². The molecule has 1 aromatic carbocycles. The number of Topliss-reactive ketones (excluding diaryl/α,β-unsaturated/α-hetero) is 1. The summed E-state index contributed by atoms with van der Waals surface area (Å²) in [6.07, 6.45) is 0.533. The summed E-state index contributed by atoms with van der Waals surface area (Å²) in [5.74, 6) is 0.219. The van der Waals surface area contributed by atoms with E-state index in [1.165, 1.54) is 17.0 Å². The smallest absolute Gasteiger partial charge is 0.264 e. The SMILES string of the molecule is CC1(C)CC(=O)c2cc(C(=O)N3CCN(c4ccccc4)CC3)sc2S1. The molecule has 6 heteroatoms. The Morgan fingerprint density at radius 1 is 1.08 bits per heavy atom. The number of para-hydroxylation sites is 1. The highest BCUT2D eigenvalue weighted by Crippen LogP contribution is 2.46. The molecule has 4 nitrogen and oxygen atoms in total. The lowest BCUT2D eigenvalue weighted by molar-refractivity contribution is 0.0751. The largest absolute Gasteiger partial charge is 0.368 e. The van der Waals surface area contributed by atoms with Gasteiger partial charge in [-0.25, -0.2) is 0 Å². The van der Waals surface area contributed by atoms with Gasteiger partial charge in [-0.2, -0.15) is 0 Å². The standard InChI is InChI=1S/C20H22N2O2S2/c1-20(2)13-16(23)15-12-17(25-19(15)26-20)18(24)22-10-8-21(9-11-22)14-6-4-3-5-7-14/h3-7,12H,8-11,13H2,1-2H3. The quantitative estimate of drug-likeness (QED) is 0.777. The molecule has 1 aromatic heterocycles. The molecule has 0 unspecified atom stereocenters. The fourth-order valence-corrected chi connectivity index (χ4v) is 6.46. The molecule has 1 fully saturated rings. The van der Waals surface area contributed by atoms with Gasteiger partial charge in [-0.3, -0.25) is 9.59 Å². The van der Waals surface area contributed by atoms with Gasteiger partial charge >= 0.3 is 0 Å². The maximum atomic E-state index is 12.9. The first-order chi connectivity index (χ1) is 12.4. The van der Waals surface area contributed by atoms with E-state index >= 15 is 0 Å². The third kappa shape index (κ3) is 3.40. The Bertz CT molecular complexity index is 837. The number of hydrogen-bond donors (Lipinski definition) is 0. The number of piperazine rings is 1. The number of fused-ring (bicyclic) bond motifs is 1. The zero-order valence-electron chi connectivity index (χ0n) is 15.0. The molecule has 4 rings (SSSR count). The maximum absolute atomic E-state index is 12.9. The molecule has 0 bridgehead atoms. The summed E-state index contributed by atoms with van der Waals surface area (Å²) in [4.78, 5) is 30.2. The van der Waals surface area contributed by atoms with Crippen LogP contribution in [0.3, 0.4) is 0 Å². The minimum absolute atomic E-state index is 0.0586. The Kier molecular flexibility index (Phi) is 4.57. The van der Waals surface area contributed by atoms with Crippen LogP contribution < -0.4 is 4.90 Å². The molecule has 2 aromatic rings. The second-order valence-electron chi connectivity index (χ2n) is 7.39. The van der Waals surface area contributed by atoms with Crippen LogP contribution in [0.1, 0.15) is 40.3 Å². The summed E-state index contributed by atoms with van der Waals surface area (Å²) in [6.45, 7) is 7.26. The maximum Gasteiger partial charge on any atom is 0.264 e. The summed E-state index contributed by atoms with van der Waals surface area (Å²) in [7, 11) is 0. The summed E-state index contributed by atoms with van der Waals surface area (Å²) in [6, 6.07) is 12.1. The van der Waals surface area contributed by atoms with Crippen molar-refractivity contribution in [1.29, 1.82) is 0 Å². The Hall–Kier alpha value is -1.79. The summed E-state index contributed by atoms with van der Waals surface area (Å²) in [5.41, 5.74) is 1.95. The van der Waals surface area contributed by atoms with Crippen molar-refractivity contribution in [1.82, 2.24) is 4.90 Å². The molecule has 3 heterocycles. The molecule has 26 heavy (non-hydrogen) atoms. The molecule has 0 N–H and O–H groups in total. The van der Waals surface area contributed by atoms with Gasteiger partial charge in [0.15, 0.2) is 5.78 Å². The monoisotopic (exact) mass is 386 g/mol. The first kappa shape index (κ1) is 17.6. The van der Waals surface area contributed by atoms with Crippen LogP contribution in [-0.2, 0) is 0 Å². The molecule has 1 saturated heterocycles. The molecule has 2 aliphatic heterocycles. The number of carbonyl (C=O) groups excluding carboxylic acids is 2. The number of hydrogen-bond acceptors (Lipinski definition) is 5. The zero-order chi connectivity index (χ0) is 18.3. The van der Waals surface area contributed by atoms with Crippen LogP contribution in [0.2, 0.25) is 0 Å². The van der Waals surface area contributed by atoms with Crippen LogP contribution in [0.25, 0.3) is 0 Å². The third-order valence-electron chi connectivity index (χ3n) is 4.85. The first-order valence-electron chi connectivity index (χ1n) is 8.88. The normalized spacial score (nSPS) is 19.4. The summed E-state index contributed by atoms with van der Waals surface area (Å²) < 4.78 is 0.911. The molecule has 0 atom stereocenters. The van der Waals surface area contributed by atoms with Gasteiger partial charge in [0.05, 0.1) is 9.09 Å². The number of ketones is 1. The van der Waals surface area contributed by atoms with Crippen molar-refractivity contribution >= 4 is 40.5 Å². The minimum atomic E-state index is -0.0867. The molecule has 0 aliphatic carbocycles. The Labute approximate surface area is 162 Å². The Balaban J connectivity index is 1.46. The van der Waals surface area contributed by atoms with Gasteiger partial charge in [-0.15, -0.1) is 23.1 Å². The number of anilines is 1. The average Bonchev–Trinajstić information content (AvgIpc) is 3.05. The minimum Gasteiger partial charge on any atom is -0.368 e. The molecule has 0 saturated carbocycles. The van der Waals surface area contributed by atoms with Crippen LogP contribution in [0.15, 0.2) is 40.6 Å². The van der Waals surface area contributed by atoms with Crippen LogP contribution in [0.5, 0.6) is 0 Å². The van der Waals surface area contributed by atoms with Crippen molar-refractivity contribution in [2.45, 2.75) is 29.2 Å². The lowest BCUT2D eigenvalue weighted by Crippen LogP contribution is -2.48. The van der Waals surface area contributed by atoms with Crippen molar-refractivity contribution < 1.29 is 9.59 Å². The van der Waals surface area contributed by atoms with Gasteiger partial charge in [0.1, 0.15) is 0 Å². The Morgan fingerprint density at radius 3 is 2.46 bits per heavy atom. The fraction of sp³-hybridized carbons (Fsp3) is 0.400. The lowest BCUT2D eigenvalue weighted by atomic mass is 10.0. The van der Waals surface area contributed by atoms with Gasteiger partial charge in [-0.05, 0) is 32.0 Å². The zero-order valence-corrected chi connectivity index (χ0v) is 16.7. The van der Waals surface area contributed by atoms with Gasteiger partial charge in [0, 0.05) is 48.6 Å². The molecule has 0 radical (unpaired) electrons. The number of amides is 1. The van der Waals surface area contributed by atoms with E-state index in [1.807, 2.05) is 29.2 Å². The van der Waals surface area contributed by atoms with E-state index in [9.17, 15) is 9.59 Å². The molecule has 2 aliphatic rings. The van der Waals surface area contributed by atoms with Crippen LogP contribution in [0.4, 0.5) is 5.69 Å². The van der Waals surface area contributed by atoms with Crippen LogP contribution in [-0.4, -0.2) is 47.5 Å². The number of nitrogens with zero attached hydrogens (tertiary/aromatic N) is 2. The van der Waals surface area contributed by atoms with Crippen LogP contribution in [0, 0.1) is 0 Å². The predicted octanol–water partition coefficient (Wildman–Crippen LogP) is 4.17. The van der Waals surface area contributed by atoms with E-state index in [-0.39, 0.29) is 16.4 Å². The van der Waals surface area contributed by atoms with E-state index in [0.717, 1.165) is 22.9 Å². The van der Waals surface area contributed by atoms with Gasteiger partial charge in [0.25, 0.3) is 5.91 Å². The van der Waals surface area contributed by atoms with E-state index in [4.69, 9.17) is 0 Å². The highest BCUT2D eigenvalue weighted by atomic mass is 32.2. The van der Waals surface area contributed by atoms with Gasteiger partial charge < -0.3 is 9.80 Å². The van der Waals surface area contributed by atoms with Crippen molar-refractivity contribution in [3.8, 4) is 0 Å². The van der Waals surface area contributed by atoms with Crippen molar-refractivity contribution in [3.05, 3.63) is 46.8 Å². The highest BCUT2D eigenvalue weighted by Gasteiger charge is 2.35.